The van der Waals surface area contributed by atoms with Gasteiger partial charge in [-0.25, -0.2) is 13.8 Å². The smallest absolute Gasteiger partial charge is 0.262 e. The molecular formula is C17H24Cl2F2N4O2. The summed E-state index contributed by atoms with van der Waals surface area (Å²) in [5.74, 6) is -2.93. The molecule has 0 spiro atoms. The number of amides is 2. The van der Waals surface area contributed by atoms with Crippen molar-refractivity contribution in [3.05, 3.63) is 23.9 Å². The lowest BCUT2D eigenvalue weighted by atomic mass is 9.95. The molecule has 1 aromatic rings. The van der Waals surface area contributed by atoms with E-state index < -0.39 is 24.9 Å². The molecule has 152 valence electrons. The summed E-state index contributed by atoms with van der Waals surface area (Å²) in [6.07, 6.45) is 2.27. The molecule has 3 rings (SSSR count). The molecule has 1 unspecified atom stereocenters. The van der Waals surface area contributed by atoms with Gasteiger partial charge in [-0.1, -0.05) is 6.07 Å². The second-order valence-corrected chi connectivity index (χ2v) is 6.80. The predicted octanol–water partition coefficient (Wildman–Crippen LogP) is 2.41. The maximum atomic E-state index is 13.2. The quantitative estimate of drug-likeness (QED) is 0.780. The lowest BCUT2D eigenvalue weighted by Crippen LogP contribution is -2.48. The SMILES string of the molecule is Cc1ccc(NC(=O)C2CCN(C(=O)C3CC(F)(F)CN3)CC2)nc1.Cl.Cl. The summed E-state index contributed by atoms with van der Waals surface area (Å²) >= 11 is 0. The summed E-state index contributed by atoms with van der Waals surface area (Å²) in [4.78, 5) is 30.3. The number of aryl methyl sites for hydroxylation is 1. The number of hydrogen-bond acceptors (Lipinski definition) is 4. The number of nitrogens with one attached hydrogen (secondary N) is 2. The zero-order valence-corrected chi connectivity index (χ0v) is 16.5. The number of rotatable bonds is 3. The minimum Gasteiger partial charge on any atom is -0.341 e. The average Bonchev–Trinajstić information content (AvgIpc) is 2.96. The van der Waals surface area contributed by atoms with Crippen LogP contribution >= 0.6 is 24.8 Å². The van der Waals surface area contributed by atoms with Crippen LogP contribution in [0.15, 0.2) is 18.3 Å². The summed E-state index contributed by atoms with van der Waals surface area (Å²) in [5, 5.41) is 5.37. The zero-order chi connectivity index (χ0) is 18.0. The molecule has 1 aromatic heterocycles. The topological polar surface area (TPSA) is 74.3 Å². The van der Waals surface area contributed by atoms with E-state index in [9.17, 15) is 18.4 Å². The highest BCUT2D eigenvalue weighted by atomic mass is 35.5. The Labute approximate surface area is 169 Å². The van der Waals surface area contributed by atoms with E-state index in [-0.39, 0.29) is 42.5 Å². The van der Waals surface area contributed by atoms with Gasteiger partial charge in [-0.15, -0.1) is 24.8 Å². The molecule has 2 fully saturated rings. The van der Waals surface area contributed by atoms with Crippen molar-refractivity contribution in [2.75, 3.05) is 25.0 Å². The number of pyridine rings is 1. The fourth-order valence-corrected chi connectivity index (χ4v) is 3.24. The molecule has 2 amide bonds. The summed E-state index contributed by atoms with van der Waals surface area (Å²) < 4.78 is 26.5. The van der Waals surface area contributed by atoms with Crippen molar-refractivity contribution in [1.82, 2.24) is 15.2 Å². The van der Waals surface area contributed by atoms with E-state index in [1.54, 1.807) is 17.2 Å². The van der Waals surface area contributed by atoms with Crippen LogP contribution in [-0.4, -0.2) is 53.3 Å². The highest BCUT2D eigenvalue weighted by Crippen LogP contribution is 2.27. The normalized spacial score (nSPS) is 21.7. The number of carbonyl (C=O) groups excluding carboxylic acids is 2. The number of anilines is 1. The van der Waals surface area contributed by atoms with Gasteiger partial charge in [0.1, 0.15) is 5.82 Å². The fraction of sp³-hybridized carbons (Fsp3) is 0.588. The Hall–Kier alpha value is -1.51. The largest absolute Gasteiger partial charge is 0.341 e. The van der Waals surface area contributed by atoms with Crippen molar-refractivity contribution >= 4 is 42.4 Å². The number of piperidine rings is 1. The molecule has 1 atom stereocenters. The van der Waals surface area contributed by atoms with Gasteiger partial charge in [0.2, 0.25) is 11.8 Å². The standard InChI is InChI=1S/C17H22F2N4O2.2ClH/c1-11-2-3-14(20-9-11)22-15(24)12-4-6-23(7-5-12)16(25)13-8-17(18,19)10-21-13;;/h2-3,9,12-13,21H,4-8,10H2,1H3,(H,20,22,24);2*1H. The lowest BCUT2D eigenvalue weighted by Gasteiger charge is -2.32. The molecule has 0 aromatic carbocycles. The summed E-state index contributed by atoms with van der Waals surface area (Å²) in [6.45, 7) is 2.27. The van der Waals surface area contributed by atoms with E-state index in [1.165, 1.54) is 0 Å². The van der Waals surface area contributed by atoms with Crippen LogP contribution in [0.3, 0.4) is 0 Å². The number of likely N-dealkylation sites (tertiary alicyclic amines) is 1. The Kier molecular flexibility index (Phi) is 8.38. The Morgan fingerprint density at radius 3 is 2.44 bits per heavy atom. The van der Waals surface area contributed by atoms with Crippen LogP contribution in [0.5, 0.6) is 0 Å². The number of alkyl halides is 2. The van der Waals surface area contributed by atoms with Crippen LogP contribution in [0.1, 0.15) is 24.8 Å². The average molecular weight is 425 g/mol. The maximum absolute atomic E-state index is 13.2. The minimum absolute atomic E-state index is 0. The van der Waals surface area contributed by atoms with Crippen LogP contribution in [0.4, 0.5) is 14.6 Å². The van der Waals surface area contributed by atoms with Gasteiger partial charge in [0.05, 0.1) is 12.6 Å². The molecule has 0 bridgehead atoms. The molecule has 27 heavy (non-hydrogen) atoms. The van der Waals surface area contributed by atoms with Crippen molar-refractivity contribution < 1.29 is 18.4 Å². The van der Waals surface area contributed by atoms with Gasteiger partial charge < -0.3 is 10.2 Å². The second kappa shape index (κ2) is 9.61. The fourth-order valence-electron chi connectivity index (χ4n) is 3.24. The van der Waals surface area contributed by atoms with Gasteiger partial charge in [-0.05, 0) is 31.4 Å². The van der Waals surface area contributed by atoms with Crippen LogP contribution in [0.2, 0.25) is 0 Å². The van der Waals surface area contributed by atoms with Gasteiger partial charge in [-0.3, -0.25) is 14.9 Å². The Morgan fingerprint density at radius 1 is 1.26 bits per heavy atom. The third-order valence-corrected chi connectivity index (χ3v) is 4.75. The second-order valence-electron chi connectivity index (χ2n) is 6.80. The molecular weight excluding hydrogens is 401 g/mol. The molecule has 10 heteroatoms. The number of aromatic nitrogens is 1. The first-order valence-corrected chi connectivity index (χ1v) is 8.47. The molecule has 0 saturated carbocycles. The van der Waals surface area contributed by atoms with Gasteiger partial charge >= 0.3 is 0 Å². The molecule has 0 aliphatic carbocycles. The van der Waals surface area contributed by atoms with Gasteiger partial charge in [0, 0.05) is 31.6 Å². The summed E-state index contributed by atoms with van der Waals surface area (Å²) in [5.41, 5.74) is 1.01. The first-order valence-electron chi connectivity index (χ1n) is 8.47. The monoisotopic (exact) mass is 424 g/mol. The number of nitrogens with zero attached hydrogens (tertiary/aromatic N) is 2. The third-order valence-electron chi connectivity index (χ3n) is 4.75. The number of hydrogen-bond donors (Lipinski definition) is 2. The van der Waals surface area contributed by atoms with Crippen molar-refractivity contribution in [2.45, 2.75) is 38.2 Å². The van der Waals surface area contributed by atoms with Gasteiger partial charge in [0.25, 0.3) is 5.92 Å². The van der Waals surface area contributed by atoms with Crippen molar-refractivity contribution in [3.8, 4) is 0 Å². The van der Waals surface area contributed by atoms with E-state index in [2.05, 4.69) is 15.6 Å². The van der Waals surface area contributed by atoms with Crippen molar-refractivity contribution in [2.24, 2.45) is 5.92 Å². The van der Waals surface area contributed by atoms with Crippen LogP contribution in [-0.2, 0) is 9.59 Å². The Bertz CT molecular complexity index is 653. The first-order chi connectivity index (χ1) is 11.8. The summed E-state index contributed by atoms with van der Waals surface area (Å²) in [7, 11) is 0. The highest BCUT2D eigenvalue weighted by molar-refractivity contribution is 5.92. The third kappa shape index (κ3) is 5.99. The van der Waals surface area contributed by atoms with Crippen molar-refractivity contribution in [3.63, 3.8) is 0 Å². The van der Waals surface area contributed by atoms with Gasteiger partial charge in [-0.2, -0.15) is 0 Å². The predicted molar refractivity (Wildman–Crippen MR) is 103 cm³/mol. The summed E-state index contributed by atoms with van der Waals surface area (Å²) in [6, 6.07) is 2.80. The molecule has 2 aliphatic heterocycles. The van der Waals surface area contributed by atoms with E-state index in [4.69, 9.17) is 0 Å². The van der Waals surface area contributed by atoms with E-state index >= 15 is 0 Å². The zero-order valence-electron chi connectivity index (χ0n) is 14.9. The molecule has 6 nitrogen and oxygen atoms in total. The Balaban J connectivity index is 0.00000182. The highest BCUT2D eigenvalue weighted by Gasteiger charge is 2.44. The first kappa shape index (κ1) is 23.5. The molecule has 0 radical (unpaired) electrons. The van der Waals surface area contributed by atoms with E-state index in [0.29, 0.717) is 31.7 Å². The van der Waals surface area contributed by atoms with Gasteiger partial charge in [0.15, 0.2) is 0 Å². The Morgan fingerprint density at radius 2 is 1.93 bits per heavy atom. The van der Waals surface area contributed by atoms with Crippen LogP contribution < -0.4 is 10.6 Å². The van der Waals surface area contributed by atoms with Crippen LogP contribution in [0.25, 0.3) is 0 Å². The maximum Gasteiger partial charge on any atom is 0.262 e. The van der Waals surface area contributed by atoms with Crippen molar-refractivity contribution in [1.29, 1.82) is 0 Å². The minimum atomic E-state index is -2.82. The molecule has 2 N–H and O–H groups in total. The number of halogens is 4. The van der Waals surface area contributed by atoms with Crippen LogP contribution in [0, 0.1) is 12.8 Å². The van der Waals surface area contributed by atoms with E-state index in [1.807, 2.05) is 13.0 Å². The van der Waals surface area contributed by atoms with E-state index in [0.717, 1.165) is 5.56 Å². The molecule has 2 saturated heterocycles. The number of carbonyl (C=O) groups is 2. The molecule has 3 heterocycles. The molecule has 2 aliphatic rings. The lowest BCUT2D eigenvalue weighted by molar-refractivity contribution is -0.136.